The lowest BCUT2D eigenvalue weighted by molar-refractivity contribution is -0.141. The average molecular weight is 422 g/mol. The molecule has 1 aromatic heterocycles. The molecule has 0 fully saturated rings. The van der Waals surface area contributed by atoms with E-state index in [1.54, 1.807) is 18.4 Å². The lowest BCUT2D eigenvalue weighted by Gasteiger charge is -2.23. The molecule has 0 bridgehead atoms. The van der Waals surface area contributed by atoms with E-state index in [1.807, 2.05) is 0 Å². The minimum atomic E-state index is -4.06. The zero-order valence-corrected chi connectivity index (χ0v) is 15.2. The molecular weight excluding hydrogens is 409 g/mol. The third kappa shape index (κ3) is 4.10. The van der Waals surface area contributed by atoms with Crippen LogP contribution >= 0.6 is 27.3 Å². The minimum Gasteiger partial charge on any atom is -0.465 e. The van der Waals surface area contributed by atoms with Gasteiger partial charge in [-0.15, -0.1) is 11.3 Å². The third-order valence-corrected chi connectivity index (χ3v) is 6.42. The van der Waals surface area contributed by atoms with E-state index >= 15 is 0 Å². The first-order valence-corrected chi connectivity index (χ1v) is 9.64. The standard InChI is InChI=1S/C14H13BrFNO4S2/c1-2-21-13(18)9-17(12-6-5-10(15)8-11(12)16)23(19,20)14-4-3-7-22-14/h3-8H,2,9H2,1H3. The molecule has 0 saturated carbocycles. The van der Waals surface area contributed by atoms with E-state index in [0.717, 1.165) is 21.7 Å². The Kier molecular flexibility index (Phi) is 5.77. The Bertz CT molecular complexity index is 793. The molecule has 0 N–H and O–H groups in total. The molecule has 23 heavy (non-hydrogen) atoms. The third-order valence-electron chi connectivity index (χ3n) is 2.80. The van der Waals surface area contributed by atoms with Crippen molar-refractivity contribution < 1.29 is 22.3 Å². The predicted molar refractivity (Wildman–Crippen MR) is 89.6 cm³/mol. The number of anilines is 1. The van der Waals surface area contributed by atoms with Crippen molar-refractivity contribution in [2.24, 2.45) is 0 Å². The molecule has 5 nitrogen and oxygen atoms in total. The van der Waals surface area contributed by atoms with Crippen molar-refractivity contribution in [2.45, 2.75) is 11.1 Å². The molecule has 0 atom stereocenters. The highest BCUT2D eigenvalue weighted by atomic mass is 79.9. The van der Waals surface area contributed by atoms with Crippen molar-refractivity contribution in [3.8, 4) is 0 Å². The molecule has 9 heteroatoms. The fourth-order valence-electron chi connectivity index (χ4n) is 1.83. The smallest absolute Gasteiger partial charge is 0.326 e. The number of esters is 1. The minimum absolute atomic E-state index is 0.0177. The summed E-state index contributed by atoms with van der Waals surface area (Å²) in [4.78, 5) is 11.8. The molecule has 0 aliphatic rings. The predicted octanol–water partition coefficient (Wildman–Crippen LogP) is 3.41. The van der Waals surface area contributed by atoms with Crippen molar-refractivity contribution in [3.63, 3.8) is 0 Å². The molecule has 2 aromatic rings. The van der Waals surface area contributed by atoms with E-state index in [0.29, 0.717) is 4.47 Å². The van der Waals surface area contributed by atoms with Gasteiger partial charge in [0.2, 0.25) is 0 Å². The van der Waals surface area contributed by atoms with Gasteiger partial charge in [-0.2, -0.15) is 0 Å². The number of hydrogen-bond acceptors (Lipinski definition) is 5. The second-order valence-electron chi connectivity index (χ2n) is 4.34. The Hall–Kier alpha value is -1.45. The maximum Gasteiger partial charge on any atom is 0.326 e. The Labute approximate surface area is 145 Å². The maximum absolute atomic E-state index is 14.2. The number of rotatable bonds is 6. The molecular formula is C14H13BrFNO4S2. The largest absolute Gasteiger partial charge is 0.465 e. The molecule has 1 heterocycles. The van der Waals surface area contributed by atoms with Gasteiger partial charge in [0.1, 0.15) is 16.6 Å². The second-order valence-corrected chi connectivity index (χ2v) is 8.30. The Balaban J connectivity index is 2.50. The molecule has 0 aliphatic carbocycles. The van der Waals surface area contributed by atoms with Gasteiger partial charge in [-0.05, 0) is 36.6 Å². The van der Waals surface area contributed by atoms with Crippen LogP contribution in [0.2, 0.25) is 0 Å². The molecule has 0 saturated heterocycles. The van der Waals surface area contributed by atoms with Gasteiger partial charge in [0.05, 0.1) is 12.3 Å². The summed E-state index contributed by atoms with van der Waals surface area (Å²) in [7, 11) is -4.06. The van der Waals surface area contributed by atoms with E-state index in [1.165, 1.54) is 18.2 Å². The lowest BCUT2D eigenvalue weighted by atomic mass is 10.3. The van der Waals surface area contributed by atoms with Gasteiger partial charge in [-0.3, -0.25) is 9.10 Å². The molecule has 0 aliphatic heterocycles. The van der Waals surface area contributed by atoms with E-state index in [-0.39, 0.29) is 16.5 Å². The number of ether oxygens (including phenoxy) is 1. The van der Waals surface area contributed by atoms with Crippen LogP contribution in [0.5, 0.6) is 0 Å². The Morgan fingerprint density at radius 3 is 2.70 bits per heavy atom. The van der Waals surface area contributed by atoms with Gasteiger partial charge in [0, 0.05) is 4.47 Å². The van der Waals surface area contributed by atoms with Crippen LogP contribution in [0, 0.1) is 5.82 Å². The summed E-state index contributed by atoms with van der Waals surface area (Å²) < 4.78 is 45.7. The van der Waals surface area contributed by atoms with Crippen LogP contribution in [-0.4, -0.2) is 27.5 Å². The van der Waals surface area contributed by atoms with Gasteiger partial charge < -0.3 is 4.74 Å². The number of halogens is 2. The maximum atomic E-state index is 14.2. The number of sulfonamides is 1. The van der Waals surface area contributed by atoms with Crippen LogP contribution in [0.4, 0.5) is 10.1 Å². The van der Waals surface area contributed by atoms with Crippen LogP contribution in [0.1, 0.15) is 6.92 Å². The summed E-state index contributed by atoms with van der Waals surface area (Å²) >= 11 is 4.10. The fraction of sp³-hybridized carbons (Fsp3) is 0.214. The van der Waals surface area contributed by atoms with Gasteiger partial charge in [-0.1, -0.05) is 22.0 Å². The molecule has 1 aromatic carbocycles. The van der Waals surface area contributed by atoms with Crippen LogP contribution in [0.3, 0.4) is 0 Å². The fourth-order valence-corrected chi connectivity index (χ4v) is 4.68. The molecule has 0 unspecified atom stereocenters. The number of carbonyl (C=O) groups is 1. The first-order valence-electron chi connectivity index (χ1n) is 6.53. The molecule has 0 spiro atoms. The SMILES string of the molecule is CCOC(=O)CN(c1ccc(Br)cc1F)S(=O)(=O)c1cccs1. The monoisotopic (exact) mass is 421 g/mol. The van der Waals surface area contributed by atoms with Crippen molar-refractivity contribution in [1.29, 1.82) is 0 Å². The summed E-state index contributed by atoms with van der Waals surface area (Å²) in [6.07, 6.45) is 0. The summed E-state index contributed by atoms with van der Waals surface area (Å²) in [5.41, 5.74) is -0.213. The van der Waals surface area contributed by atoms with Gasteiger partial charge in [0.15, 0.2) is 0 Å². The molecule has 124 valence electrons. The van der Waals surface area contributed by atoms with E-state index in [4.69, 9.17) is 4.74 Å². The number of benzene rings is 1. The number of thiophene rings is 1. The van der Waals surface area contributed by atoms with Crippen LogP contribution in [0.25, 0.3) is 0 Å². The van der Waals surface area contributed by atoms with Crippen molar-refractivity contribution in [3.05, 3.63) is 46.0 Å². The Morgan fingerprint density at radius 1 is 1.39 bits per heavy atom. The van der Waals surface area contributed by atoms with Crippen LogP contribution in [-0.2, 0) is 19.6 Å². The van der Waals surface area contributed by atoms with Crippen LogP contribution < -0.4 is 4.31 Å². The normalized spacial score (nSPS) is 11.3. The first-order chi connectivity index (χ1) is 10.9. The number of hydrogen-bond donors (Lipinski definition) is 0. The molecule has 0 radical (unpaired) electrons. The number of nitrogens with zero attached hydrogens (tertiary/aromatic N) is 1. The van der Waals surface area contributed by atoms with Crippen molar-refractivity contribution in [2.75, 3.05) is 17.5 Å². The first kappa shape index (κ1) is 17.9. The summed E-state index contributed by atoms with van der Waals surface area (Å²) in [6, 6.07) is 6.90. The van der Waals surface area contributed by atoms with Crippen molar-refractivity contribution in [1.82, 2.24) is 0 Å². The Morgan fingerprint density at radius 2 is 2.13 bits per heavy atom. The summed E-state index contributed by atoms with van der Waals surface area (Å²) in [6.45, 7) is 1.11. The van der Waals surface area contributed by atoms with E-state index < -0.39 is 28.4 Å². The van der Waals surface area contributed by atoms with Crippen molar-refractivity contribution >= 4 is 48.9 Å². The highest BCUT2D eigenvalue weighted by Crippen LogP contribution is 2.30. The number of carbonyl (C=O) groups excluding carboxylic acids is 1. The van der Waals surface area contributed by atoms with Gasteiger partial charge >= 0.3 is 5.97 Å². The van der Waals surface area contributed by atoms with E-state index in [9.17, 15) is 17.6 Å². The molecule has 0 amide bonds. The van der Waals surface area contributed by atoms with Gasteiger partial charge in [0.25, 0.3) is 10.0 Å². The summed E-state index contributed by atoms with van der Waals surface area (Å²) in [5, 5.41) is 1.59. The highest BCUT2D eigenvalue weighted by Gasteiger charge is 2.30. The van der Waals surface area contributed by atoms with Crippen LogP contribution in [0.15, 0.2) is 44.4 Å². The summed E-state index contributed by atoms with van der Waals surface area (Å²) in [5.74, 6) is -1.52. The molecule has 2 rings (SSSR count). The topological polar surface area (TPSA) is 63.7 Å². The van der Waals surface area contributed by atoms with E-state index in [2.05, 4.69) is 15.9 Å². The zero-order valence-electron chi connectivity index (χ0n) is 12.0. The lowest BCUT2D eigenvalue weighted by Crippen LogP contribution is -2.36. The van der Waals surface area contributed by atoms with Gasteiger partial charge in [-0.25, -0.2) is 12.8 Å². The highest BCUT2D eigenvalue weighted by molar-refractivity contribution is 9.10. The second kappa shape index (κ2) is 7.41. The quantitative estimate of drug-likeness (QED) is 0.670. The zero-order chi connectivity index (χ0) is 17.0. The average Bonchev–Trinajstić information content (AvgIpc) is 3.00.